The Morgan fingerprint density at radius 2 is 2.08 bits per heavy atom. The smallest absolute Gasteiger partial charge is 0.242 e. The maximum atomic E-state index is 12.6. The summed E-state index contributed by atoms with van der Waals surface area (Å²) in [5, 5.41) is 3.27. The molecule has 1 aromatic rings. The summed E-state index contributed by atoms with van der Waals surface area (Å²) >= 11 is 0. The van der Waals surface area contributed by atoms with Gasteiger partial charge in [0.1, 0.15) is 5.76 Å². The maximum absolute atomic E-state index is 12.6. The molecular weight excluding hydrogens is 330 g/mol. The van der Waals surface area contributed by atoms with Crippen molar-refractivity contribution in [1.29, 1.82) is 0 Å². The predicted molar refractivity (Wildman–Crippen MR) is 103 cm³/mol. The SMILES string of the molecule is CN=C(NCc1ncc(C(C)(C)C)o1)N1CC(=O)N(C(C)C)C(C)(C)C1. The Kier molecular flexibility index (Phi) is 5.68. The van der Waals surface area contributed by atoms with E-state index in [0.29, 0.717) is 24.9 Å². The lowest BCUT2D eigenvalue weighted by atomic mass is 9.94. The normalized spacial score (nSPS) is 18.7. The zero-order valence-corrected chi connectivity index (χ0v) is 17.4. The van der Waals surface area contributed by atoms with E-state index in [4.69, 9.17) is 4.42 Å². The number of hydrogen-bond donors (Lipinski definition) is 1. The Bertz CT molecular complexity index is 670. The lowest BCUT2D eigenvalue weighted by molar-refractivity contribution is -0.145. The zero-order valence-electron chi connectivity index (χ0n) is 17.4. The molecule has 1 amide bonds. The van der Waals surface area contributed by atoms with Gasteiger partial charge in [-0.1, -0.05) is 20.8 Å². The van der Waals surface area contributed by atoms with Gasteiger partial charge in [0.05, 0.1) is 24.8 Å². The molecule has 1 aromatic heterocycles. The van der Waals surface area contributed by atoms with E-state index in [2.05, 4.69) is 63.8 Å². The summed E-state index contributed by atoms with van der Waals surface area (Å²) in [6.07, 6.45) is 1.77. The van der Waals surface area contributed by atoms with Gasteiger partial charge in [0.15, 0.2) is 5.96 Å². The van der Waals surface area contributed by atoms with Crippen LogP contribution in [0.5, 0.6) is 0 Å². The molecule has 7 nitrogen and oxygen atoms in total. The van der Waals surface area contributed by atoms with Gasteiger partial charge in [0, 0.05) is 25.0 Å². The van der Waals surface area contributed by atoms with Crippen molar-refractivity contribution in [3.63, 3.8) is 0 Å². The molecule has 0 radical (unpaired) electrons. The molecule has 0 unspecified atom stereocenters. The number of aliphatic imine (C=N–C) groups is 1. The fourth-order valence-electron chi connectivity index (χ4n) is 3.54. The van der Waals surface area contributed by atoms with E-state index in [-0.39, 0.29) is 22.9 Å². The number of guanidine groups is 1. The maximum Gasteiger partial charge on any atom is 0.242 e. The summed E-state index contributed by atoms with van der Waals surface area (Å²) in [6, 6.07) is 0.178. The molecule has 146 valence electrons. The average molecular weight is 364 g/mol. The summed E-state index contributed by atoms with van der Waals surface area (Å²) in [6.45, 7) is 16.0. The first-order valence-electron chi connectivity index (χ1n) is 9.18. The standard InChI is InChI=1S/C19H33N5O2/c1-13(2)24-16(25)11-23(12-19(24,6)7)17(20-8)22-10-15-21-9-14(26-15)18(3,4)5/h9,13H,10-12H2,1-8H3,(H,20,22). The number of nitrogens with zero attached hydrogens (tertiary/aromatic N) is 4. The Labute approximate surface area is 156 Å². The molecule has 0 aromatic carbocycles. The van der Waals surface area contributed by atoms with Crippen molar-refractivity contribution >= 4 is 11.9 Å². The second kappa shape index (κ2) is 7.29. The lowest BCUT2D eigenvalue weighted by Gasteiger charge is -2.49. The molecule has 0 atom stereocenters. The number of nitrogens with one attached hydrogen (secondary N) is 1. The minimum atomic E-state index is -0.260. The Balaban J connectivity index is 2.05. The molecule has 0 saturated carbocycles. The summed E-state index contributed by atoms with van der Waals surface area (Å²) in [5.41, 5.74) is -0.333. The van der Waals surface area contributed by atoms with Crippen LogP contribution in [0.2, 0.25) is 0 Å². The number of oxazole rings is 1. The molecular formula is C19H33N5O2. The van der Waals surface area contributed by atoms with Crippen molar-refractivity contribution in [2.75, 3.05) is 20.1 Å². The van der Waals surface area contributed by atoms with E-state index in [1.54, 1.807) is 13.2 Å². The first-order valence-corrected chi connectivity index (χ1v) is 9.18. The Hall–Kier alpha value is -2.05. The molecule has 0 spiro atoms. The highest BCUT2D eigenvalue weighted by Gasteiger charge is 2.40. The van der Waals surface area contributed by atoms with Gasteiger partial charge in [0.25, 0.3) is 0 Å². The van der Waals surface area contributed by atoms with E-state index >= 15 is 0 Å². The molecule has 1 aliphatic heterocycles. The van der Waals surface area contributed by atoms with Crippen molar-refractivity contribution in [2.45, 2.75) is 72.0 Å². The van der Waals surface area contributed by atoms with Crippen molar-refractivity contribution in [3.05, 3.63) is 17.8 Å². The van der Waals surface area contributed by atoms with Crippen LogP contribution in [0.3, 0.4) is 0 Å². The lowest BCUT2D eigenvalue weighted by Crippen LogP contribution is -2.66. The minimum Gasteiger partial charge on any atom is -0.443 e. The second-order valence-electron chi connectivity index (χ2n) is 8.80. The van der Waals surface area contributed by atoms with Crippen LogP contribution in [-0.2, 0) is 16.8 Å². The van der Waals surface area contributed by atoms with Crippen LogP contribution in [0.25, 0.3) is 0 Å². The molecule has 2 rings (SSSR count). The molecule has 7 heteroatoms. The third kappa shape index (κ3) is 4.37. The van der Waals surface area contributed by atoms with Crippen LogP contribution in [0.1, 0.15) is 60.1 Å². The van der Waals surface area contributed by atoms with E-state index in [9.17, 15) is 4.79 Å². The summed E-state index contributed by atoms with van der Waals surface area (Å²) in [7, 11) is 1.73. The minimum absolute atomic E-state index is 0.0729. The molecule has 2 heterocycles. The molecule has 1 aliphatic rings. The van der Waals surface area contributed by atoms with Crippen LogP contribution in [0.4, 0.5) is 0 Å². The van der Waals surface area contributed by atoms with E-state index in [1.807, 2.05) is 9.80 Å². The number of amides is 1. The number of carbonyl (C=O) groups is 1. The number of hydrogen-bond acceptors (Lipinski definition) is 4. The third-order valence-electron chi connectivity index (χ3n) is 4.54. The highest BCUT2D eigenvalue weighted by atomic mass is 16.4. The monoisotopic (exact) mass is 363 g/mol. The molecule has 1 fully saturated rings. The number of carbonyl (C=O) groups excluding carboxylic acids is 1. The van der Waals surface area contributed by atoms with E-state index in [1.165, 1.54) is 0 Å². The third-order valence-corrected chi connectivity index (χ3v) is 4.54. The van der Waals surface area contributed by atoms with Crippen LogP contribution in [0, 0.1) is 0 Å². The van der Waals surface area contributed by atoms with Crippen LogP contribution in [-0.4, -0.2) is 58.4 Å². The van der Waals surface area contributed by atoms with Gasteiger partial charge < -0.3 is 19.5 Å². The van der Waals surface area contributed by atoms with Gasteiger partial charge in [-0.25, -0.2) is 4.98 Å². The molecule has 0 bridgehead atoms. The molecule has 26 heavy (non-hydrogen) atoms. The Morgan fingerprint density at radius 1 is 1.42 bits per heavy atom. The highest BCUT2D eigenvalue weighted by molar-refractivity contribution is 5.88. The molecule has 1 N–H and O–H groups in total. The topological polar surface area (TPSA) is 74.0 Å². The number of piperazine rings is 1. The van der Waals surface area contributed by atoms with E-state index in [0.717, 1.165) is 12.3 Å². The highest BCUT2D eigenvalue weighted by Crippen LogP contribution is 2.25. The summed E-state index contributed by atoms with van der Waals surface area (Å²) < 4.78 is 5.82. The van der Waals surface area contributed by atoms with Crippen molar-refractivity contribution in [3.8, 4) is 0 Å². The fraction of sp³-hybridized carbons (Fsp3) is 0.737. The van der Waals surface area contributed by atoms with Gasteiger partial charge >= 0.3 is 0 Å². The van der Waals surface area contributed by atoms with Crippen LogP contribution >= 0.6 is 0 Å². The Morgan fingerprint density at radius 3 is 2.54 bits per heavy atom. The molecule has 1 saturated heterocycles. The largest absolute Gasteiger partial charge is 0.443 e. The van der Waals surface area contributed by atoms with Crippen LogP contribution < -0.4 is 5.32 Å². The van der Waals surface area contributed by atoms with Crippen molar-refractivity contribution in [2.24, 2.45) is 4.99 Å². The quantitative estimate of drug-likeness (QED) is 0.659. The van der Waals surface area contributed by atoms with Gasteiger partial charge in [-0.2, -0.15) is 0 Å². The van der Waals surface area contributed by atoms with Crippen LogP contribution in [0.15, 0.2) is 15.6 Å². The van der Waals surface area contributed by atoms with Crippen molar-refractivity contribution in [1.82, 2.24) is 20.1 Å². The molecule has 0 aliphatic carbocycles. The van der Waals surface area contributed by atoms with Gasteiger partial charge in [-0.3, -0.25) is 9.79 Å². The first kappa shape index (κ1) is 20.3. The predicted octanol–water partition coefficient (Wildman–Crippen LogP) is 2.38. The van der Waals surface area contributed by atoms with Gasteiger partial charge in [-0.05, 0) is 27.7 Å². The number of rotatable bonds is 3. The van der Waals surface area contributed by atoms with Crippen molar-refractivity contribution < 1.29 is 9.21 Å². The van der Waals surface area contributed by atoms with E-state index < -0.39 is 0 Å². The van der Waals surface area contributed by atoms with Gasteiger partial charge in [-0.15, -0.1) is 0 Å². The fourth-order valence-corrected chi connectivity index (χ4v) is 3.54. The zero-order chi connectivity index (χ0) is 19.7. The summed E-state index contributed by atoms with van der Waals surface area (Å²) in [4.78, 5) is 25.3. The van der Waals surface area contributed by atoms with Gasteiger partial charge in [0.2, 0.25) is 11.8 Å². The first-order chi connectivity index (χ1) is 12.0. The average Bonchev–Trinajstić information content (AvgIpc) is 2.94. The second-order valence-corrected chi connectivity index (χ2v) is 8.80. The number of aromatic nitrogens is 1. The summed E-state index contributed by atoms with van der Waals surface area (Å²) in [5.74, 6) is 2.27.